The van der Waals surface area contributed by atoms with E-state index in [0.29, 0.717) is 0 Å². The fraction of sp³-hybridized carbons (Fsp3) is 0.0870. The molecule has 1 N–H and O–H groups in total. The number of hydrogen-bond acceptors (Lipinski definition) is 1. The van der Waals surface area contributed by atoms with Crippen molar-refractivity contribution in [3.63, 3.8) is 0 Å². The molecular formula is C23H14BrF2N3. The van der Waals surface area contributed by atoms with Crippen molar-refractivity contribution in [2.45, 2.75) is 12.5 Å². The molecule has 142 valence electrons. The van der Waals surface area contributed by atoms with Crippen LogP contribution in [0.1, 0.15) is 23.6 Å². The van der Waals surface area contributed by atoms with Crippen LogP contribution < -0.4 is 0 Å². The van der Waals surface area contributed by atoms with Crippen LogP contribution in [0.15, 0.2) is 65.5 Å². The number of halogens is 3. The van der Waals surface area contributed by atoms with E-state index in [9.17, 15) is 8.78 Å². The highest BCUT2D eigenvalue weighted by Crippen LogP contribution is 2.29. The first-order valence-electron chi connectivity index (χ1n) is 8.82. The second kappa shape index (κ2) is 8.34. The lowest BCUT2D eigenvalue weighted by molar-refractivity contribution is 0.495. The maximum absolute atomic E-state index is 14.5. The fourth-order valence-electron chi connectivity index (χ4n) is 3.00. The van der Waals surface area contributed by atoms with Crippen LogP contribution in [-0.4, -0.2) is 14.8 Å². The van der Waals surface area contributed by atoms with Gasteiger partial charge in [0, 0.05) is 46.0 Å². The van der Waals surface area contributed by atoms with Crippen molar-refractivity contribution in [3.05, 3.63) is 88.3 Å². The average Bonchev–Trinajstić information content (AvgIpc) is 3.37. The summed E-state index contributed by atoms with van der Waals surface area (Å²) < 4.78 is 30.8. The topological polar surface area (TPSA) is 33.6 Å². The largest absolute Gasteiger partial charge is 0.367 e. The highest BCUT2D eigenvalue weighted by atomic mass is 79.9. The maximum Gasteiger partial charge on any atom is 0.128 e. The van der Waals surface area contributed by atoms with Crippen LogP contribution >= 0.6 is 15.9 Å². The number of nitrogens with one attached hydrogen (secondary N) is 1. The normalized spacial score (nSPS) is 11.4. The second-order valence-corrected chi connectivity index (χ2v) is 7.18. The smallest absolute Gasteiger partial charge is 0.128 e. The molecule has 0 radical (unpaired) electrons. The second-order valence-electron chi connectivity index (χ2n) is 6.32. The Kier molecular flexibility index (Phi) is 5.46. The number of rotatable bonds is 3. The Labute approximate surface area is 174 Å². The molecule has 29 heavy (non-hydrogen) atoms. The molecule has 1 unspecified atom stereocenters. The van der Waals surface area contributed by atoms with Crippen molar-refractivity contribution in [2.24, 2.45) is 0 Å². The molecule has 0 bridgehead atoms. The molecule has 6 heteroatoms. The Balaban J connectivity index is 1.71. The molecule has 3 nitrogen and oxygen atoms in total. The highest BCUT2D eigenvalue weighted by Gasteiger charge is 2.20. The Hall–Kier alpha value is -3.35. The third-order valence-corrected chi connectivity index (χ3v) is 5.03. The molecule has 0 spiro atoms. The third kappa shape index (κ3) is 4.23. The van der Waals surface area contributed by atoms with Crippen LogP contribution in [0.4, 0.5) is 8.78 Å². The van der Waals surface area contributed by atoms with Crippen LogP contribution in [-0.2, 0) is 0 Å². The number of aromatic nitrogens is 3. The van der Waals surface area contributed by atoms with Crippen LogP contribution in [0, 0.1) is 35.3 Å². The van der Waals surface area contributed by atoms with Crippen LogP contribution in [0.25, 0.3) is 10.9 Å². The van der Waals surface area contributed by atoms with Crippen molar-refractivity contribution in [2.75, 3.05) is 0 Å². The number of aromatic amines is 1. The minimum absolute atomic E-state index is 0.196. The summed E-state index contributed by atoms with van der Waals surface area (Å²) in [6.07, 6.45) is 5.59. The summed E-state index contributed by atoms with van der Waals surface area (Å²) in [5.41, 5.74) is 1.77. The number of hydrogen-bond donors (Lipinski definition) is 1. The molecule has 2 aromatic carbocycles. The summed E-state index contributed by atoms with van der Waals surface area (Å²) in [6, 6.07) is 10.3. The SMILES string of the molecule is Fc1ccc(F)c(C(CC#CC#Cc2cc[nH]c2)n2cc3cccc(Br)c3n2)c1. The monoisotopic (exact) mass is 449 g/mol. The predicted octanol–water partition coefficient (Wildman–Crippen LogP) is 5.44. The van der Waals surface area contributed by atoms with Gasteiger partial charge in [-0.3, -0.25) is 4.68 Å². The van der Waals surface area contributed by atoms with Crippen LogP contribution in [0.2, 0.25) is 0 Å². The Morgan fingerprint density at radius 2 is 2.03 bits per heavy atom. The standard InChI is InChI=1S/C23H14BrF2N3/c24-20-7-4-6-17-15-29(28-23(17)20)22(19-13-18(25)9-10-21(19)26)8-3-1-2-5-16-11-12-27-14-16/h4,6-7,9-15,22,27H,8H2. The van der Waals surface area contributed by atoms with E-state index in [0.717, 1.165) is 33.1 Å². The Bertz CT molecular complexity index is 1280. The van der Waals surface area contributed by atoms with Crippen molar-refractivity contribution in [3.8, 4) is 23.7 Å². The molecule has 0 amide bonds. The molecule has 4 aromatic rings. The Morgan fingerprint density at radius 3 is 2.83 bits per heavy atom. The lowest BCUT2D eigenvalue weighted by atomic mass is 10.0. The maximum atomic E-state index is 14.5. The van der Waals surface area contributed by atoms with Gasteiger partial charge in [0.25, 0.3) is 0 Å². The van der Waals surface area contributed by atoms with Gasteiger partial charge in [0.1, 0.15) is 17.2 Å². The molecule has 0 aliphatic carbocycles. The van der Waals surface area contributed by atoms with Gasteiger partial charge >= 0.3 is 0 Å². The molecular weight excluding hydrogens is 436 g/mol. The lowest BCUT2D eigenvalue weighted by Gasteiger charge is -2.16. The van der Waals surface area contributed by atoms with Gasteiger partial charge in [-0.1, -0.05) is 24.0 Å². The van der Waals surface area contributed by atoms with E-state index in [-0.39, 0.29) is 12.0 Å². The molecule has 0 aliphatic heterocycles. The summed E-state index contributed by atoms with van der Waals surface area (Å²) in [4.78, 5) is 2.92. The molecule has 2 heterocycles. The van der Waals surface area contributed by atoms with Gasteiger partial charge in [-0.25, -0.2) is 8.78 Å². The van der Waals surface area contributed by atoms with Gasteiger partial charge in [0.05, 0.1) is 6.04 Å². The Morgan fingerprint density at radius 1 is 1.14 bits per heavy atom. The zero-order valence-electron chi connectivity index (χ0n) is 15.1. The number of nitrogens with zero attached hydrogens (tertiary/aromatic N) is 2. The summed E-state index contributed by atoms with van der Waals surface area (Å²) in [5, 5.41) is 5.46. The van der Waals surface area contributed by atoms with Crippen molar-refractivity contribution < 1.29 is 8.78 Å². The first-order chi connectivity index (χ1) is 14.1. The molecule has 0 fully saturated rings. The van der Waals surface area contributed by atoms with Crippen molar-refractivity contribution in [1.82, 2.24) is 14.8 Å². The number of benzene rings is 2. The minimum atomic E-state index is -0.591. The summed E-state index contributed by atoms with van der Waals surface area (Å²) in [5.74, 6) is 10.4. The van der Waals surface area contributed by atoms with Crippen LogP contribution in [0.5, 0.6) is 0 Å². The van der Waals surface area contributed by atoms with Crippen molar-refractivity contribution in [1.29, 1.82) is 0 Å². The van der Waals surface area contributed by atoms with E-state index in [1.807, 2.05) is 30.5 Å². The van der Waals surface area contributed by atoms with Gasteiger partial charge in [0.2, 0.25) is 0 Å². The quantitative estimate of drug-likeness (QED) is 0.415. The zero-order valence-corrected chi connectivity index (χ0v) is 16.7. The van der Waals surface area contributed by atoms with Crippen LogP contribution in [0.3, 0.4) is 0 Å². The third-order valence-electron chi connectivity index (χ3n) is 4.39. The lowest BCUT2D eigenvalue weighted by Crippen LogP contribution is -2.13. The van der Waals surface area contributed by atoms with Gasteiger partial charge in [-0.15, -0.1) is 0 Å². The van der Waals surface area contributed by atoms with E-state index < -0.39 is 17.7 Å². The summed E-state index contributed by atoms with van der Waals surface area (Å²) in [7, 11) is 0. The van der Waals surface area contributed by atoms with Gasteiger partial charge < -0.3 is 4.98 Å². The molecule has 4 rings (SSSR count). The van der Waals surface area contributed by atoms with Gasteiger partial charge in [0.15, 0.2) is 0 Å². The predicted molar refractivity (Wildman–Crippen MR) is 112 cm³/mol. The van der Waals surface area contributed by atoms with Crippen molar-refractivity contribution >= 4 is 26.8 Å². The highest BCUT2D eigenvalue weighted by molar-refractivity contribution is 9.10. The first-order valence-corrected chi connectivity index (χ1v) is 9.61. The average molecular weight is 450 g/mol. The van der Waals surface area contributed by atoms with Gasteiger partial charge in [-0.05, 0) is 58.1 Å². The molecule has 2 aromatic heterocycles. The molecule has 0 aliphatic rings. The van der Waals surface area contributed by atoms with Gasteiger partial charge in [-0.2, -0.15) is 5.10 Å². The first kappa shape index (κ1) is 19.0. The fourth-order valence-corrected chi connectivity index (χ4v) is 3.46. The van der Waals surface area contributed by atoms with E-state index in [2.05, 4.69) is 49.7 Å². The molecule has 0 saturated heterocycles. The summed E-state index contributed by atoms with van der Waals surface area (Å²) in [6.45, 7) is 0. The zero-order chi connectivity index (χ0) is 20.2. The van der Waals surface area contributed by atoms with E-state index in [4.69, 9.17) is 0 Å². The number of H-pyrrole nitrogens is 1. The number of fused-ring (bicyclic) bond motifs is 1. The van der Waals surface area contributed by atoms with E-state index >= 15 is 0 Å². The van der Waals surface area contributed by atoms with E-state index in [1.165, 1.54) is 6.07 Å². The minimum Gasteiger partial charge on any atom is -0.367 e. The van der Waals surface area contributed by atoms with E-state index in [1.54, 1.807) is 17.1 Å². The molecule has 0 saturated carbocycles. The summed E-state index contributed by atoms with van der Waals surface area (Å²) >= 11 is 3.47. The molecule has 1 atom stereocenters.